The standard InChI is InChI=1S/C16H14F4N2O3S/c1-10-8-12(17)4-7-14(10)26(24,25)21-9-15(23)22-13-5-2-11(3-6-13)16(18,19)20/h2-8,21H,9H2,1H3,(H,22,23). The molecule has 0 radical (unpaired) electrons. The van der Waals surface area contributed by atoms with Crippen molar-refractivity contribution in [2.45, 2.75) is 18.0 Å². The van der Waals surface area contributed by atoms with E-state index in [1.807, 2.05) is 4.72 Å². The molecule has 10 heteroatoms. The van der Waals surface area contributed by atoms with Crippen molar-refractivity contribution in [3.8, 4) is 0 Å². The fourth-order valence-corrected chi connectivity index (χ4v) is 3.31. The number of halogens is 4. The predicted molar refractivity (Wildman–Crippen MR) is 86.4 cm³/mol. The van der Waals surface area contributed by atoms with Crippen LogP contribution in [0, 0.1) is 12.7 Å². The number of aryl methyl sites for hydroxylation is 1. The molecule has 0 spiro atoms. The van der Waals surface area contributed by atoms with Gasteiger partial charge < -0.3 is 5.32 Å². The van der Waals surface area contributed by atoms with Gasteiger partial charge in [-0.3, -0.25) is 4.79 Å². The fourth-order valence-electron chi connectivity index (χ4n) is 2.10. The fraction of sp³-hybridized carbons (Fsp3) is 0.188. The van der Waals surface area contributed by atoms with Crippen molar-refractivity contribution in [2.24, 2.45) is 0 Å². The molecule has 0 atom stereocenters. The first kappa shape index (κ1) is 19.9. The number of hydrogen-bond donors (Lipinski definition) is 2. The Hall–Kier alpha value is -2.46. The average molecular weight is 390 g/mol. The van der Waals surface area contributed by atoms with Crippen LogP contribution in [0.25, 0.3) is 0 Å². The van der Waals surface area contributed by atoms with Crippen molar-refractivity contribution in [1.82, 2.24) is 4.72 Å². The van der Waals surface area contributed by atoms with Crippen molar-refractivity contribution in [3.05, 3.63) is 59.4 Å². The number of carbonyl (C=O) groups is 1. The molecule has 0 heterocycles. The SMILES string of the molecule is Cc1cc(F)ccc1S(=O)(=O)NCC(=O)Nc1ccc(C(F)(F)F)cc1. The van der Waals surface area contributed by atoms with Crippen molar-refractivity contribution in [2.75, 3.05) is 11.9 Å². The lowest BCUT2D eigenvalue weighted by Gasteiger charge is -2.11. The summed E-state index contributed by atoms with van der Waals surface area (Å²) in [6, 6.07) is 6.78. The highest BCUT2D eigenvalue weighted by molar-refractivity contribution is 7.89. The molecule has 0 bridgehead atoms. The Labute approximate surface area is 147 Å². The molecule has 2 aromatic rings. The Morgan fingerprint density at radius 1 is 1.08 bits per heavy atom. The van der Waals surface area contributed by atoms with E-state index >= 15 is 0 Å². The second-order valence-electron chi connectivity index (χ2n) is 5.36. The van der Waals surface area contributed by atoms with E-state index in [2.05, 4.69) is 5.32 Å². The number of alkyl halides is 3. The normalized spacial score (nSPS) is 12.0. The predicted octanol–water partition coefficient (Wildman–Crippen LogP) is 3.07. The van der Waals surface area contributed by atoms with E-state index in [4.69, 9.17) is 0 Å². The number of hydrogen-bond acceptors (Lipinski definition) is 3. The van der Waals surface area contributed by atoms with Crippen LogP contribution >= 0.6 is 0 Å². The van der Waals surface area contributed by atoms with E-state index in [1.165, 1.54) is 6.92 Å². The van der Waals surface area contributed by atoms with Gasteiger partial charge in [-0.1, -0.05) is 0 Å². The first-order valence-corrected chi connectivity index (χ1v) is 8.70. The second-order valence-corrected chi connectivity index (χ2v) is 7.09. The Morgan fingerprint density at radius 2 is 1.69 bits per heavy atom. The molecular weight excluding hydrogens is 376 g/mol. The summed E-state index contributed by atoms with van der Waals surface area (Å²) in [4.78, 5) is 11.6. The number of benzene rings is 2. The lowest BCUT2D eigenvalue weighted by Crippen LogP contribution is -2.33. The molecule has 0 saturated carbocycles. The molecule has 2 N–H and O–H groups in total. The van der Waals surface area contributed by atoms with E-state index in [9.17, 15) is 30.8 Å². The highest BCUT2D eigenvalue weighted by atomic mass is 32.2. The molecule has 0 unspecified atom stereocenters. The van der Waals surface area contributed by atoms with Gasteiger partial charge in [-0.25, -0.2) is 17.5 Å². The summed E-state index contributed by atoms with van der Waals surface area (Å²) in [5.74, 6) is -1.37. The van der Waals surface area contributed by atoms with E-state index in [0.717, 1.165) is 42.5 Å². The smallest absolute Gasteiger partial charge is 0.325 e. The van der Waals surface area contributed by atoms with Crippen LogP contribution in [0.2, 0.25) is 0 Å². The molecule has 0 fully saturated rings. The number of sulfonamides is 1. The zero-order chi connectivity index (χ0) is 19.5. The third kappa shape index (κ3) is 5.02. The summed E-state index contributed by atoms with van der Waals surface area (Å²) in [5.41, 5.74) is -0.621. The van der Waals surface area contributed by atoms with Crippen LogP contribution in [-0.4, -0.2) is 20.9 Å². The maximum atomic E-state index is 13.0. The number of nitrogens with one attached hydrogen (secondary N) is 2. The van der Waals surface area contributed by atoms with Crippen LogP contribution in [0.4, 0.5) is 23.2 Å². The van der Waals surface area contributed by atoms with Crippen LogP contribution in [-0.2, 0) is 21.0 Å². The van der Waals surface area contributed by atoms with Gasteiger partial charge in [0.25, 0.3) is 0 Å². The van der Waals surface area contributed by atoms with Crippen molar-refractivity contribution < 1.29 is 30.8 Å². The highest BCUT2D eigenvalue weighted by Crippen LogP contribution is 2.29. The third-order valence-corrected chi connectivity index (χ3v) is 4.91. The maximum absolute atomic E-state index is 13.0. The molecule has 0 aliphatic heterocycles. The van der Waals surface area contributed by atoms with E-state index < -0.39 is 40.0 Å². The minimum atomic E-state index is -4.49. The van der Waals surface area contributed by atoms with Gasteiger partial charge in [-0.2, -0.15) is 13.2 Å². The van der Waals surface area contributed by atoms with Crippen LogP contribution in [0.1, 0.15) is 11.1 Å². The number of anilines is 1. The van der Waals surface area contributed by atoms with Crippen LogP contribution < -0.4 is 10.0 Å². The summed E-state index contributed by atoms with van der Waals surface area (Å²) in [5, 5.41) is 2.28. The summed E-state index contributed by atoms with van der Waals surface area (Å²) in [7, 11) is -4.05. The van der Waals surface area contributed by atoms with E-state index in [-0.39, 0.29) is 16.1 Å². The molecule has 0 aliphatic carbocycles. The van der Waals surface area contributed by atoms with Gasteiger partial charge >= 0.3 is 6.18 Å². The summed E-state index contributed by atoms with van der Waals surface area (Å²) < 4.78 is 76.8. The largest absolute Gasteiger partial charge is 0.416 e. The van der Waals surface area contributed by atoms with Crippen LogP contribution in [0.15, 0.2) is 47.4 Å². The zero-order valence-corrected chi connectivity index (χ0v) is 14.2. The zero-order valence-electron chi connectivity index (χ0n) is 13.4. The topological polar surface area (TPSA) is 75.3 Å². The van der Waals surface area contributed by atoms with Crippen LogP contribution in [0.3, 0.4) is 0 Å². The minimum Gasteiger partial charge on any atom is -0.325 e. The van der Waals surface area contributed by atoms with Gasteiger partial charge in [0.2, 0.25) is 15.9 Å². The van der Waals surface area contributed by atoms with E-state index in [0.29, 0.717) is 0 Å². The van der Waals surface area contributed by atoms with Gasteiger partial charge in [0, 0.05) is 5.69 Å². The lowest BCUT2D eigenvalue weighted by atomic mass is 10.2. The van der Waals surface area contributed by atoms with Gasteiger partial charge in [0.1, 0.15) is 5.82 Å². The molecule has 2 rings (SSSR count). The van der Waals surface area contributed by atoms with Gasteiger partial charge in [-0.15, -0.1) is 0 Å². The lowest BCUT2D eigenvalue weighted by molar-refractivity contribution is -0.137. The Balaban J connectivity index is 2.00. The Morgan fingerprint density at radius 3 is 2.23 bits per heavy atom. The first-order valence-electron chi connectivity index (χ1n) is 7.22. The Bertz CT molecular complexity index is 910. The Kier molecular flexibility index (Phi) is 5.67. The monoisotopic (exact) mass is 390 g/mol. The molecule has 0 aromatic heterocycles. The molecular formula is C16H14F4N2O3S. The average Bonchev–Trinajstić information content (AvgIpc) is 2.52. The third-order valence-electron chi connectivity index (χ3n) is 3.35. The first-order chi connectivity index (χ1) is 12.0. The summed E-state index contributed by atoms with van der Waals surface area (Å²) >= 11 is 0. The van der Waals surface area contributed by atoms with Crippen molar-refractivity contribution in [1.29, 1.82) is 0 Å². The molecule has 0 saturated heterocycles. The molecule has 140 valence electrons. The number of rotatable bonds is 5. The summed E-state index contributed by atoms with van der Waals surface area (Å²) in [6.07, 6.45) is -4.49. The number of carbonyl (C=O) groups excluding carboxylic acids is 1. The highest BCUT2D eigenvalue weighted by Gasteiger charge is 2.30. The second kappa shape index (κ2) is 7.42. The van der Waals surface area contributed by atoms with Crippen LogP contribution in [0.5, 0.6) is 0 Å². The summed E-state index contributed by atoms with van der Waals surface area (Å²) in [6.45, 7) is 0.764. The van der Waals surface area contributed by atoms with Gasteiger partial charge in [0.05, 0.1) is 17.0 Å². The van der Waals surface area contributed by atoms with E-state index in [1.54, 1.807) is 0 Å². The van der Waals surface area contributed by atoms with Gasteiger partial charge in [-0.05, 0) is 55.0 Å². The van der Waals surface area contributed by atoms with Crippen molar-refractivity contribution in [3.63, 3.8) is 0 Å². The van der Waals surface area contributed by atoms with Gasteiger partial charge in [0.15, 0.2) is 0 Å². The molecule has 26 heavy (non-hydrogen) atoms. The quantitative estimate of drug-likeness (QED) is 0.771. The number of amides is 1. The molecule has 2 aromatic carbocycles. The molecule has 1 amide bonds. The molecule has 0 aliphatic rings. The molecule has 5 nitrogen and oxygen atoms in total. The van der Waals surface area contributed by atoms with Crippen molar-refractivity contribution >= 4 is 21.6 Å². The maximum Gasteiger partial charge on any atom is 0.416 e. The minimum absolute atomic E-state index is 0.0835.